The van der Waals surface area contributed by atoms with E-state index in [1.54, 1.807) is 6.07 Å². The highest BCUT2D eigenvalue weighted by molar-refractivity contribution is 5.98. The van der Waals surface area contributed by atoms with E-state index < -0.39 is 0 Å². The van der Waals surface area contributed by atoms with Crippen molar-refractivity contribution in [3.63, 3.8) is 0 Å². The van der Waals surface area contributed by atoms with Gasteiger partial charge in [-0.15, -0.1) is 0 Å². The molecule has 0 spiro atoms. The summed E-state index contributed by atoms with van der Waals surface area (Å²) in [5, 5.41) is 9.20. The van der Waals surface area contributed by atoms with Gasteiger partial charge in [-0.25, -0.2) is 0 Å². The Hall–Kier alpha value is -1.75. The summed E-state index contributed by atoms with van der Waals surface area (Å²) in [6.45, 7) is 1.84. The molecule has 1 saturated heterocycles. The highest BCUT2D eigenvalue weighted by Crippen LogP contribution is 2.35. The summed E-state index contributed by atoms with van der Waals surface area (Å²) < 4.78 is 11.2. The molecule has 0 aromatic heterocycles. The molecule has 114 valence electrons. The van der Waals surface area contributed by atoms with Crippen molar-refractivity contribution < 1.29 is 19.4 Å². The lowest BCUT2D eigenvalue weighted by atomic mass is 9.98. The summed E-state index contributed by atoms with van der Waals surface area (Å²) in [7, 11) is 0. The Balaban J connectivity index is 1.87. The van der Waals surface area contributed by atoms with Crippen LogP contribution >= 0.6 is 0 Å². The summed E-state index contributed by atoms with van der Waals surface area (Å²) in [6, 6.07) is 5.57. The first-order chi connectivity index (χ1) is 10.3. The SMILES string of the molecule is O=C(c1cccc2c1OCCO2)N1CCCCC1CCO. The zero-order chi connectivity index (χ0) is 14.7. The Labute approximate surface area is 124 Å². The van der Waals surface area contributed by atoms with Crippen LogP contribution < -0.4 is 9.47 Å². The summed E-state index contributed by atoms with van der Waals surface area (Å²) >= 11 is 0. The zero-order valence-corrected chi connectivity index (χ0v) is 12.1. The Morgan fingerprint density at radius 2 is 2.14 bits per heavy atom. The van der Waals surface area contributed by atoms with Crippen LogP contribution in [0.15, 0.2) is 18.2 Å². The van der Waals surface area contributed by atoms with Gasteiger partial charge in [0.15, 0.2) is 11.5 Å². The van der Waals surface area contributed by atoms with Crippen molar-refractivity contribution in [1.82, 2.24) is 4.90 Å². The number of fused-ring (bicyclic) bond motifs is 1. The molecule has 5 nitrogen and oxygen atoms in total. The summed E-state index contributed by atoms with van der Waals surface area (Å²) in [5.74, 6) is 1.18. The Kier molecular flexibility index (Phi) is 4.29. The fourth-order valence-electron chi connectivity index (χ4n) is 3.11. The number of para-hydroxylation sites is 1. The van der Waals surface area contributed by atoms with Crippen molar-refractivity contribution in [2.24, 2.45) is 0 Å². The van der Waals surface area contributed by atoms with Crippen LogP contribution in [0.5, 0.6) is 11.5 Å². The van der Waals surface area contributed by atoms with E-state index in [4.69, 9.17) is 9.47 Å². The van der Waals surface area contributed by atoms with E-state index in [1.807, 2.05) is 17.0 Å². The second kappa shape index (κ2) is 6.35. The fourth-order valence-corrected chi connectivity index (χ4v) is 3.11. The van der Waals surface area contributed by atoms with Gasteiger partial charge in [-0.3, -0.25) is 4.79 Å². The van der Waals surface area contributed by atoms with Gasteiger partial charge in [0.1, 0.15) is 13.2 Å². The molecule has 21 heavy (non-hydrogen) atoms. The predicted octanol–water partition coefficient (Wildman–Crippen LogP) is 1.83. The summed E-state index contributed by atoms with van der Waals surface area (Å²) in [4.78, 5) is 14.7. The quantitative estimate of drug-likeness (QED) is 0.923. The Morgan fingerprint density at radius 1 is 1.29 bits per heavy atom. The molecule has 1 unspecified atom stereocenters. The standard InChI is InChI=1S/C16H21NO4/c18-9-7-12-4-1-2-8-17(12)16(19)13-5-3-6-14-15(13)21-11-10-20-14/h3,5-6,12,18H,1-2,4,7-11H2. The Morgan fingerprint density at radius 3 is 3.00 bits per heavy atom. The minimum Gasteiger partial charge on any atom is -0.486 e. The average Bonchev–Trinajstić information content (AvgIpc) is 2.54. The van der Waals surface area contributed by atoms with Crippen molar-refractivity contribution in [2.45, 2.75) is 31.7 Å². The van der Waals surface area contributed by atoms with Crippen molar-refractivity contribution in [3.05, 3.63) is 23.8 Å². The normalized spacial score (nSPS) is 21.2. The number of benzene rings is 1. The van der Waals surface area contributed by atoms with Crippen molar-refractivity contribution >= 4 is 5.91 Å². The molecule has 1 atom stereocenters. The number of rotatable bonds is 3. The third-order valence-corrected chi connectivity index (χ3v) is 4.15. The molecule has 0 radical (unpaired) electrons. The number of aliphatic hydroxyl groups excluding tert-OH is 1. The molecule has 1 aromatic rings. The molecule has 1 amide bonds. The highest BCUT2D eigenvalue weighted by atomic mass is 16.6. The maximum absolute atomic E-state index is 12.9. The van der Waals surface area contributed by atoms with Crippen LogP contribution in [-0.2, 0) is 0 Å². The topological polar surface area (TPSA) is 59.0 Å². The maximum atomic E-state index is 12.9. The fraction of sp³-hybridized carbons (Fsp3) is 0.562. The van der Waals surface area contributed by atoms with Crippen LogP contribution in [0, 0.1) is 0 Å². The van der Waals surface area contributed by atoms with E-state index in [1.165, 1.54) is 0 Å². The molecule has 1 N–H and O–H groups in total. The second-order valence-corrected chi connectivity index (χ2v) is 5.49. The van der Waals surface area contributed by atoms with Crippen molar-refractivity contribution in [1.29, 1.82) is 0 Å². The second-order valence-electron chi connectivity index (χ2n) is 5.49. The van der Waals surface area contributed by atoms with Gasteiger partial charge in [-0.2, -0.15) is 0 Å². The molecule has 0 saturated carbocycles. The third-order valence-electron chi connectivity index (χ3n) is 4.15. The van der Waals surface area contributed by atoms with E-state index >= 15 is 0 Å². The average molecular weight is 291 g/mol. The van der Waals surface area contributed by atoms with E-state index in [9.17, 15) is 9.90 Å². The van der Waals surface area contributed by atoms with Crippen LogP contribution in [0.2, 0.25) is 0 Å². The first-order valence-electron chi connectivity index (χ1n) is 7.61. The molecule has 2 heterocycles. The first-order valence-corrected chi connectivity index (χ1v) is 7.61. The number of hydrogen-bond donors (Lipinski definition) is 1. The maximum Gasteiger partial charge on any atom is 0.258 e. The van der Waals surface area contributed by atoms with Crippen LogP contribution in [-0.4, -0.2) is 48.3 Å². The number of ether oxygens (including phenoxy) is 2. The smallest absolute Gasteiger partial charge is 0.258 e. The minimum atomic E-state index is -0.0181. The van der Waals surface area contributed by atoms with Gasteiger partial charge in [-0.05, 0) is 37.8 Å². The van der Waals surface area contributed by atoms with Crippen LogP contribution in [0.1, 0.15) is 36.0 Å². The number of carbonyl (C=O) groups is 1. The lowest BCUT2D eigenvalue weighted by Crippen LogP contribution is -2.44. The molecular weight excluding hydrogens is 270 g/mol. The molecule has 2 aliphatic rings. The molecule has 5 heteroatoms. The summed E-state index contributed by atoms with van der Waals surface area (Å²) in [5.41, 5.74) is 0.567. The van der Waals surface area contributed by atoms with Gasteiger partial charge < -0.3 is 19.5 Å². The third kappa shape index (κ3) is 2.83. The number of hydrogen-bond acceptors (Lipinski definition) is 4. The van der Waals surface area contributed by atoms with Crippen LogP contribution in [0.3, 0.4) is 0 Å². The van der Waals surface area contributed by atoms with Gasteiger partial charge in [0.25, 0.3) is 5.91 Å². The van der Waals surface area contributed by atoms with Crippen molar-refractivity contribution in [2.75, 3.05) is 26.4 Å². The largest absolute Gasteiger partial charge is 0.486 e. The van der Waals surface area contributed by atoms with Gasteiger partial charge in [0.05, 0.1) is 5.56 Å². The van der Waals surface area contributed by atoms with Crippen LogP contribution in [0.25, 0.3) is 0 Å². The van der Waals surface area contributed by atoms with Crippen molar-refractivity contribution in [3.8, 4) is 11.5 Å². The van der Waals surface area contributed by atoms with Crippen LogP contribution in [0.4, 0.5) is 0 Å². The van der Waals surface area contributed by atoms with E-state index in [2.05, 4.69) is 0 Å². The number of amides is 1. The molecule has 0 aliphatic carbocycles. The number of carbonyl (C=O) groups excluding carboxylic acids is 1. The Bertz CT molecular complexity index is 515. The lowest BCUT2D eigenvalue weighted by Gasteiger charge is -2.36. The first kappa shape index (κ1) is 14.2. The molecule has 3 rings (SSSR count). The number of aliphatic hydroxyl groups is 1. The van der Waals surface area contributed by atoms with E-state index in [0.29, 0.717) is 36.7 Å². The monoisotopic (exact) mass is 291 g/mol. The van der Waals surface area contributed by atoms with Gasteiger partial charge in [0.2, 0.25) is 0 Å². The van der Waals surface area contributed by atoms with Gasteiger partial charge in [-0.1, -0.05) is 6.07 Å². The molecule has 0 bridgehead atoms. The van der Waals surface area contributed by atoms with Gasteiger partial charge in [0, 0.05) is 19.2 Å². The number of likely N-dealkylation sites (tertiary alicyclic amines) is 1. The van der Waals surface area contributed by atoms with E-state index in [-0.39, 0.29) is 18.6 Å². The minimum absolute atomic E-state index is 0.0181. The lowest BCUT2D eigenvalue weighted by molar-refractivity contribution is 0.0565. The molecule has 2 aliphatic heterocycles. The number of piperidine rings is 1. The zero-order valence-electron chi connectivity index (χ0n) is 12.1. The summed E-state index contributed by atoms with van der Waals surface area (Å²) in [6.07, 6.45) is 3.72. The highest BCUT2D eigenvalue weighted by Gasteiger charge is 2.30. The molecule has 1 aromatic carbocycles. The van der Waals surface area contributed by atoms with Gasteiger partial charge >= 0.3 is 0 Å². The van der Waals surface area contributed by atoms with E-state index in [0.717, 1.165) is 25.8 Å². The molecule has 1 fully saturated rings. The molecular formula is C16H21NO4. The number of nitrogens with zero attached hydrogens (tertiary/aromatic N) is 1. The predicted molar refractivity (Wildman–Crippen MR) is 77.8 cm³/mol.